The first kappa shape index (κ1) is 20.8. The molecule has 2 aliphatic rings. The summed E-state index contributed by atoms with van der Waals surface area (Å²) in [6.07, 6.45) is 4.51. The van der Waals surface area contributed by atoms with Crippen LogP contribution < -0.4 is 10.5 Å². The monoisotopic (exact) mass is 474 g/mol. The Balaban J connectivity index is 1.71. The van der Waals surface area contributed by atoms with Crippen LogP contribution >= 0.6 is 15.9 Å². The van der Waals surface area contributed by atoms with Crippen LogP contribution in [0.5, 0.6) is 5.75 Å². The van der Waals surface area contributed by atoms with Gasteiger partial charge in [-0.25, -0.2) is 0 Å². The van der Waals surface area contributed by atoms with Gasteiger partial charge in [-0.05, 0) is 61.1 Å². The van der Waals surface area contributed by atoms with Crippen molar-refractivity contribution in [2.24, 2.45) is 17.1 Å². The Labute approximate surface area is 188 Å². The number of benzene rings is 1. The molecule has 1 aromatic heterocycles. The third-order valence-electron chi connectivity index (χ3n) is 5.97. The third kappa shape index (κ3) is 3.50. The maximum absolute atomic E-state index is 10.0. The molecule has 31 heavy (non-hydrogen) atoms. The molecule has 0 fully saturated rings. The fourth-order valence-corrected chi connectivity index (χ4v) is 4.91. The van der Waals surface area contributed by atoms with Crippen LogP contribution in [0.25, 0.3) is 0 Å². The largest absolute Gasteiger partial charge is 0.486 e. The maximum atomic E-state index is 10.0. The standard InChI is InChI=1S/C24H19BrN4O2/c25-15-4-3-5-16(10-15)30-12-17-8-9-21(31-17)22-19-7-2-1-6-18(19)20(11-26)23(29)24(22,13-27)14-28/h3-6,8-10,19,22H,1-2,7,12,29H2/t19-,22+/m0/s1. The third-order valence-corrected chi connectivity index (χ3v) is 6.46. The second-order valence-electron chi connectivity index (χ2n) is 7.66. The maximum Gasteiger partial charge on any atom is 0.194 e. The molecular weight excluding hydrogens is 456 g/mol. The Morgan fingerprint density at radius 2 is 2.00 bits per heavy atom. The molecule has 0 aliphatic heterocycles. The Morgan fingerprint density at radius 3 is 2.71 bits per heavy atom. The van der Waals surface area contributed by atoms with E-state index in [4.69, 9.17) is 14.9 Å². The summed E-state index contributed by atoms with van der Waals surface area (Å²) in [6.45, 7) is 0.206. The highest BCUT2D eigenvalue weighted by atomic mass is 79.9. The zero-order chi connectivity index (χ0) is 22.0. The lowest BCUT2D eigenvalue weighted by atomic mass is 9.58. The molecule has 2 N–H and O–H groups in total. The summed E-state index contributed by atoms with van der Waals surface area (Å²) in [5.41, 5.74) is 5.71. The van der Waals surface area contributed by atoms with E-state index in [1.54, 1.807) is 12.1 Å². The summed E-state index contributed by atoms with van der Waals surface area (Å²) >= 11 is 3.41. The fourth-order valence-electron chi connectivity index (χ4n) is 4.53. The number of hydrogen-bond acceptors (Lipinski definition) is 6. The van der Waals surface area contributed by atoms with Gasteiger partial charge >= 0.3 is 0 Å². The number of rotatable bonds is 4. The van der Waals surface area contributed by atoms with E-state index in [1.165, 1.54) is 0 Å². The molecule has 6 nitrogen and oxygen atoms in total. The van der Waals surface area contributed by atoms with Crippen molar-refractivity contribution >= 4 is 15.9 Å². The number of hydrogen-bond donors (Lipinski definition) is 1. The Morgan fingerprint density at radius 1 is 1.19 bits per heavy atom. The van der Waals surface area contributed by atoms with E-state index in [9.17, 15) is 15.8 Å². The molecule has 0 saturated heterocycles. The molecule has 0 saturated carbocycles. The van der Waals surface area contributed by atoms with Crippen LogP contribution in [0.2, 0.25) is 0 Å². The summed E-state index contributed by atoms with van der Waals surface area (Å²) in [4.78, 5) is 0. The molecule has 0 unspecified atom stereocenters. The number of nitriles is 3. The molecular formula is C24H19BrN4O2. The highest BCUT2D eigenvalue weighted by Gasteiger charge is 2.55. The van der Waals surface area contributed by atoms with Crippen LogP contribution in [0.4, 0.5) is 0 Å². The molecule has 1 heterocycles. The van der Waals surface area contributed by atoms with E-state index in [1.807, 2.05) is 30.3 Å². The van der Waals surface area contributed by atoms with Crippen LogP contribution in [0.3, 0.4) is 0 Å². The molecule has 7 heteroatoms. The first-order chi connectivity index (χ1) is 15.0. The van der Waals surface area contributed by atoms with Gasteiger partial charge in [-0.3, -0.25) is 0 Å². The van der Waals surface area contributed by atoms with E-state index >= 15 is 0 Å². The van der Waals surface area contributed by atoms with Crippen molar-refractivity contribution in [2.75, 3.05) is 0 Å². The molecule has 154 valence electrons. The average Bonchev–Trinajstić information content (AvgIpc) is 3.25. The van der Waals surface area contributed by atoms with Gasteiger partial charge in [0.2, 0.25) is 0 Å². The van der Waals surface area contributed by atoms with Crippen molar-refractivity contribution in [3.05, 3.63) is 75.3 Å². The van der Waals surface area contributed by atoms with Gasteiger partial charge in [-0.15, -0.1) is 0 Å². The number of ether oxygens (including phenoxy) is 1. The van der Waals surface area contributed by atoms with Crippen LogP contribution in [0, 0.1) is 45.3 Å². The SMILES string of the molecule is N#CC1=C(N)C(C#N)(C#N)[C@@H](c2ccc(COc3cccc(Br)c3)o2)[C@H]2CCCC=C12. The zero-order valence-electron chi connectivity index (χ0n) is 16.6. The zero-order valence-corrected chi connectivity index (χ0v) is 18.2. The van der Waals surface area contributed by atoms with Gasteiger partial charge in [-0.1, -0.05) is 28.1 Å². The van der Waals surface area contributed by atoms with Crippen LogP contribution in [0.15, 0.2) is 68.2 Å². The number of allylic oxidation sites excluding steroid dienone is 4. The Hall–Kier alpha value is -3.47. The summed E-state index contributed by atoms with van der Waals surface area (Å²) in [7, 11) is 0. The molecule has 0 spiro atoms. The van der Waals surface area contributed by atoms with Gasteiger partial charge in [0.05, 0.1) is 29.3 Å². The van der Waals surface area contributed by atoms with E-state index < -0.39 is 11.3 Å². The molecule has 0 radical (unpaired) electrons. The molecule has 0 bridgehead atoms. The van der Waals surface area contributed by atoms with Gasteiger partial charge in [0.15, 0.2) is 5.41 Å². The topological polar surface area (TPSA) is 120 Å². The minimum absolute atomic E-state index is 0.0118. The predicted octanol–water partition coefficient (Wildman–Crippen LogP) is 5.21. The number of fused-ring (bicyclic) bond motifs is 1. The van der Waals surface area contributed by atoms with Crippen molar-refractivity contribution in [3.63, 3.8) is 0 Å². The smallest absolute Gasteiger partial charge is 0.194 e. The van der Waals surface area contributed by atoms with E-state index in [2.05, 4.69) is 34.1 Å². The van der Waals surface area contributed by atoms with Crippen molar-refractivity contribution < 1.29 is 9.15 Å². The van der Waals surface area contributed by atoms with Crippen molar-refractivity contribution in [2.45, 2.75) is 31.8 Å². The number of nitrogens with zero attached hydrogens (tertiary/aromatic N) is 3. The molecule has 1 aromatic carbocycles. The fraction of sp³-hybridized carbons (Fsp3) is 0.292. The second kappa shape index (κ2) is 8.34. The van der Waals surface area contributed by atoms with Gasteiger partial charge < -0.3 is 14.9 Å². The lowest BCUT2D eigenvalue weighted by Gasteiger charge is -2.42. The molecule has 2 aliphatic carbocycles. The molecule has 2 aromatic rings. The minimum atomic E-state index is -1.66. The summed E-state index contributed by atoms with van der Waals surface area (Å²) in [5.74, 6) is 1.01. The van der Waals surface area contributed by atoms with Crippen LogP contribution in [0.1, 0.15) is 36.7 Å². The first-order valence-electron chi connectivity index (χ1n) is 9.94. The van der Waals surface area contributed by atoms with Crippen molar-refractivity contribution in [1.82, 2.24) is 0 Å². The Bertz CT molecular complexity index is 1190. The highest BCUT2D eigenvalue weighted by molar-refractivity contribution is 9.10. The number of halogens is 1. The normalized spacial score (nSPS) is 21.8. The average molecular weight is 475 g/mol. The van der Waals surface area contributed by atoms with Crippen molar-refractivity contribution in [3.8, 4) is 24.0 Å². The van der Waals surface area contributed by atoms with E-state index in [0.29, 0.717) is 17.3 Å². The second-order valence-corrected chi connectivity index (χ2v) is 8.57. The van der Waals surface area contributed by atoms with Crippen LogP contribution in [-0.4, -0.2) is 0 Å². The summed E-state index contributed by atoms with van der Waals surface area (Å²) < 4.78 is 12.8. The first-order valence-corrected chi connectivity index (χ1v) is 10.7. The lowest BCUT2D eigenvalue weighted by Crippen LogP contribution is -2.42. The number of furan rings is 1. The number of nitrogens with two attached hydrogens (primary N) is 1. The Kier molecular flexibility index (Phi) is 5.59. The highest BCUT2D eigenvalue weighted by Crippen LogP contribution is 2.55. The van der Waals surface area contributed by atoms with E-state index in [-0.39, 0.29) is 23.8 Å². The van der Waals surface area contributed by atoms with Gasteiger partial charge in [0.25, 0.3) is 0 Å². The predicted molar refractivity (Wildman–Crippen MR) is 116 cm³/mol. The quantitative estimate of drug-likeness (QED) is 0.648. The summed E-state index contributed by atoms with van der Waals surface area (Å²) in [6, 6.07) is 17.4. The van der Waals surface area contributed by atoms with Gasteiger partial charge in [0.1, 0.15) is 29.9 Å². The van der Waals surface area contributed by atoms with Crippen molar-refractivity contribution in [1.29, 1.82) is 15.8 Å². The van der Waals surface area contributed by atoms with Gasteiger partial charge in [0, 0.05) is 4.47 Å². The van der Waals surface area contributed by atoms with Gasteiger partial charge in [-0.2, -0.15) is 15.8 Å². The molecule has 4 rings (SSSR count). The van der Waals surface area contributed by atoms with Crippen LogP contribution in [-0.2, 0) is 6.61 Å². The molecule has 0 amide bonds. The lowest BCUT2D eigenvalue weighted by molar-refractivity contribution is 0.238. The minimum Gasteiger partial charge on any atom is -0.486 e. The summed E-state index contributed by atoms with van der Waals surface area (Å²) in [5, 5.41) is 29.8. The molecule has 2 atom stereocenters. The van der Waals surface area contributed by atoms with E-state index in [0.717, 1.165) is 29.3 Å².